The number of carbonyl (C=O) groups is 2. The summed E-state index contributed by atoms with van der Waals surface area (Å²) in [5.41, 5.74) is 3.64. The van der Waals surface area contributed by atoms with E-state index in [1.807, 2.05) is 29.2 Å². The van der Waals surface area contributed by atoms with E-state index in [0.717, 1.165) is 11.3 Å². The van der Waals surface area contributed by atoms with Crippen LogP contribution in [0.15, 0.2) is 72.8 Å². The first-order valence-electron chi connectivity index (χ1n) is 10.1. The maximum Gasteiger partial charge on any atom is 0.258 e. The SMILES string of the molecule is CC(C)c1ccc(N2C(=O)CSC2c2ccc(NC(=O)c3ccccc3F)cc2)cc1. The fourth-order valence-electron chi connectivity index (χ4n) is 3.54. The lowest BCUT2D eigenvalue weighted by Crippen LogP contribution is -2.27. The van der Waals surface area contributed by atoms with Crippen molar-refractivity contribution in [3.8, 4) is 0 Å². The summed E-state index contributed by atoms with van der Waals surface area (Å²) in [6.45, 7) is 4.28. The summed E-state index contributed by atoms with van der Waals surface area (Å²) >= 11 is 1.58. The summed E-state index contributed by atoms with van der Waals surface area (Å²) in [7, 11) is 0. The van der Waals surface area contributed by atoms with Gasteiger partial charge in [0.2, 0.25) is 5.91 Å². The fourth-order valence-corrected chi connectivity index (χ4v) is 4.72. The molecule has 3 aromatic carbocycles. The Kier molecular flexibility index (Phi) is 6.09. The highest BCUT2D eigenvalue weighted by Gasteiger charge is 2.34. The van der Waals surface area contributed by atoms with Crippen LogP contribution in [0.4, 0.5) is 15.8 Å². The van der Waals surface area contributed by atoms with E-state index >= 15 is 0 Å². The minimum atomic E-state index is -0.559. The Morgan fingerprint density at radius 2 is 1.71 bits per heavy atom. The molecule has 1 N–H and O–H groups in total. The molecule has 4 rings (SSSR count). The molecule has 0 saturated carbocycles. The average Bonchev–Trinajstić information content (AvgIpc) is 3.16. The third-order valence-corrected chi connectivity index (χ3v) is 6.49. The highest BCUT2D eigenvalue weighted by molar-refractivity contribution is 8.00. The Balaban J connectivity index is 1.51. The van der Waals surface area contributed by atoms with E-state index in [9.17, 15) is 14.0 Å². The van der Waals surface area contributed by atoms with Crippen LogP contribution < -0.4 is 10.2 Å². The largest absolute Gasteiger partial charge is 0.322 e. The molecular formula is C25H23FN2O2S. The van der Waals surface area contributed by atoms with Crippen LogP contribution in [-0.2, 0) is 4.79 Å². The van der Waals surface area contributed by atoms with Gasteiger partial charge in [0.05, 0.1) is 11.3 Å². The molecule has 158 valence electrons. The Bertz CT molecular complexity index is 1100. The van der Waals surface area contributed by atoms with Crippen LogP contribution in [-0.4, -0.2) is 17.6 Å². The summed E-state index contributed by atoms with van der Waals surface area (Å²) < 4.78 is 13.8. The minimum Gasteiger partial charge on any atom is -0.322 e. The van der Waals surface area contributed by atoms with Gasteiger partial charge in [0, 0.05) is 11.4 Å². The fraction of sp³-hybridized carbons (Fsp3) is 0.200. The second-order valence-corrected chi connectivity index (χ2v) is 8.80. The topological polar surface area (TPSA) is 49.4 Å². The van der Waals surface area contributed by atoms with Crippen LogP contribution >= 0.6 is 11.8 Å². The van der Waals surface area contributed by atoms with Gasteiger partial charge >= 0.3 is 0 Å². The van der Waals surface area contributed by atoms with E-state index in [1.165, 1.54) is 17.7 Å². The van der Waals surface area contributed by atoms with E-state index in [1.54, 1.807) is 36.0 Å². The number of halogens is 1. The maximum absolute atomic E-state index is 13.8. The normalized spacial score (nSPS) is 16.1. The summed E-state index contributed by atoms with van der Waals surface area (Å²) in [5.74, 6) is -0.132. The van der Waals surface area contributed by atoms with Crippen molar-refractivity contribution in [3.63, 3.8) is 0 Å². The van der Waals surface area contributed by atoms with Crippen LogP contribution in [0.25, 0.3) is 0 Å². The Morgan fingerprint density at radius 3 is 2.35 bits per heavy atom. The molecule has 1 aliphatic heterocycles. The summed E-state index contributed by atoms with van der Waals surface area (Å²) in [5, 5.41) is 2.59. The smallest absolute Gasteiger partial charge is 0.258 e. The molecule has 0 radical (unpaired) electrons. The predicted molar refractivity (Wildman–Crippen MR) is 124 cm³/mol. The van der Waals surface area contributed by atoms with Gasteiger partial charge < -0.3 is 5.32 Å². The van der Waals surface area contributed by atoms with Gasteiger partial charge in [-0.3, -0.25) is 14.5 Å². The van der Waals surface area contributed by atoms with Crippen LogP contribution in [0.3, 0.4) is 0 Å². The first kappa shape index (κ1) is 21.1. The minimum absolute atomic E-state index is 0.000425. The average molecular weight is 435 g/mol. The number of thioether (sulfide) groups is 1. The number of rotatable bonds is 5. The molecule has 3 aromatic rings. The van der Waals surface area contributed by atoms with Gasteiger partial charge in [-0.05, 0) is 53.4 Å². The number of hydrogen-bond donors (Lipinski definition) is 1. The van der Waals surface area contributed by atoms with Gasteiger partial charge in [0.25, 0.3) is 5.91 Å². The van der Waals surface area contributed by atoms with Crippen molar-refractivity contribution in [1.29, 1.82) is 0 Å². The second-order valence-electron chi connectivity index (χ2n) is 7.73. The van der Waals surface area contributed by atoms with E-state index in [2.05, 4.69) is 31.3 Å². The molecule has 0 aliphatic carbocycles. The van der Waals surface area contributed by atoms with Crippen LogP contribution in [0.5, 0.6) is 0 Å². The van der Waals surface area contributed by atoms with E-state index in [-0.39, 0.29) is 16.8 Å². The van der Waals surface area contributed by atoms with Gasteiger partial charge in [-0.2, -0.15) is 0 Å². The number of nitrogens with zero attached hydrogens (tertiary/aromatic N) is 1. The lowest BCUT2D eigenvalue weighted by atomic mass is 10.0. The molecule has 1 atom stereocenters. The zero-order valence-electron chi connectivity index (χ0n) is 17.3. The molecule has 1 aliphatic rings. The molecule has 6 heteroatoms. The molecular weight excluding hydrogens is 411 g/mol. The molecule has 0 spiro atoms. The molecule has 1 unspecified atom stereocenters. The van der Waals surface area contributed by atoms with E-state index in [4.69, 9.17) is 0 Å². The van der Waals surface area contributed by atoms with Crippen molar-refractivity contribution in [1.82, 2.24) is 0 Å². The van der Waals surface area contributed by atoms with Crippen molar-refractivity contribution in [2.75, 3.05) is 16.0 Å². The number of anilines is 2. The van der Waals surface area contributed by atoms with Gasteiger partial charge in [0.1, 0.15) is 11.2 Å². The number of carbonyl (C=O) groups excluding carboxylic acids is 2. The monoisotopic (exact) mass is 434 g/mol. The van der Waals surface area contributed by atoms with Crippen molar-refractivity contribution in [2.24, 2.45) is 0 Å². The summed E-state index contributed by atoms with van der Waals surface area (Å²) in [6, 6.07) is 21.3. The van der Waals surface area contributed by atoms with Crippen LogP contribution in [0, 0.1) is 5.82 Å². The Morgan fingerprint density at radius 1 is 1.03 bits per heavy atom. The number of amides is 2. The summed E-state index contributed by atoms with van der Waals surface area (Å²) in [4.78, 5) is 26.7. The van der Waals surface area contributed by atoms with Crippen molar-refractivity contribution in [3.05, 3.63) is 95.3 Å². The zero-order valence-corrected chi connectivity index (χ0v) is 18.2. The van der Waals surface area contributed by atoms with Crippen LogP contribution in [0.1, 0.15) is 46.6 Å². The lowest BCUT2D eigenvalue weighted by Gasteiger charge is -2.25. The molecule has 1 saturated heterocycles. The molecule has 0 aromatic heterocycles. The molecule has 2 amide bonds. The highest BCUT2D eigenvalue weighted by atomic mass is 32.2. The van der Waals surface area contributed by atoms with Gasteiger partial charge in [-0.15, -0.1) is 11.8 Å². The first-order valence-corrected chi connectivity index (χ1v) is 11.2. The molecule has 0 bridgehead atoms. The Hall–Kier alpha value is -3.12. The number of hydrogen-bond acceptors (Lipinski definition) is 3. The van der Waals surface area contributed by atoms with Gasteiger partial charge in [-0.25, -0.2) is 4.39 Å². The second kappa shape index (κ2) is 8.94. The van der Waals surface area contributed by atoms with Crippen molar-refractivity contribution < 1.29 is 14.0 Å². The standard InChI is InChI=1S/C25H23FN2O2S/c1-16(2)17-9-13-20(14-10-17)28-23(29)15-31-25(28)18-7-11-19(12-8-18)27-24(30)21-5-3-4-6-22(21)26/h3-14,16,25H,15H2,1-2H3,(H,27,30). The maximum atomic E-state index is 13.8. The third kappa shape index (κ3) is 4.49. The van der Waals surface area contributed by atoms with Gasteiger partial charge in [0.15, 0.2) is 0 Å². The lowest BCUT2D eigenvalue weighted by molar-refractivity contribution is -0.115. The van der Waals surface area contributed by atoms with E-state index in [0.29, 0.717) is 17.4 Å². The first-order chi connectivity index (χ1) is 14.9. The number of benzene rings is 3. The zero-order chi connectivity index (χ0) is 22.0. The summed E-state index contributed by atoms with van der Waals surface area (Å²) in [6.07, 6.45) is 0. The molecule has 4 nitrogen and oxygen atoms in total. The van der Waals surface area contributed by atoms with Crippen LogP contribution in [0.2, 0.25) is 0 Å². The highest BCUT2D eigenvalue weighted by Crippen LogP contribution is 2.42. The third-order valence-electron chi connectivity index (χ3n) is 5.28. The molecule has 31 heavy (non-hydrogen) atoms. The quantitative estimate of drug-likeness (QED) is 0.537. The predicted octanol–water partition coefficient (Wildman–Crippen LogP) is 5.98. The van der Waals surface area contributed by atoms with Crippen molar-refractivity contribution in [2.45, 2.75) is 25.1 Å². The molecule has 1 heterocycles. The molecule has 1 fully saturated rings. The number of nitrogens with one attached hydrogen (secondary N) is 1. The van der Waals surface area contributed by atoms with Gasteiger partial charge in [-0.1, -0.05) is 50.2 Å². The van der Waals surface area contributed by atoms with E-state index < -0.39 is 11.7 Å². The van der Waals surface area contributed by atoms with Crippen molar-refractivity contribution >= 4 is 35.0 Å². The Labute approximate surface area is 185 Å².